The van der Waals surface area contributed by atoms with Gasteiger partial charge in [0, 0.05) is 12.5 Å². The fourth-order valence-electron chi connectivity index (χ4n) is 2.68. The van der Waals surface area contributed by atoms with Crippen molar-refractivity contribution < 1.29 is 16.8 Å². The van der Waals surface area contributed by atoms with Crippen LogP contribution in [-0.4, -0.2) is 38.9 Å². The van der Waals surface area contributed by atoms with Crippen LogP contribution in [0.5, 0.6) is 0 Å². The van der Waals surface area contributed by atoms with Crippen LogP contribution in [-0.2, 0) is 19.7 Å². The predicted octanol–water partition coefficient (Wildman–Crippen LogP) is 2.45. The summed E-state index contributed by atoms with van der Waals surface area (Å²) in [6.07, 6.45) is 3.66. The van der Waals surface area contributed by atoms with Crippen molar-refractivity contribution in [1.29, 1.82) is 0 Å². The van der Waals surface area contributed by atoms with E-state index in [4.69, 9.17) is 0 Å². The van der Waals surface area contributed by atoms with E-state index in [1.54, 1.807) is 10.9 Å². The molecule has 25 heavy (non-hydrogen) atoms. The Kier molecular flexibility index (Phi) is 4.00. The third kappa shape index (κ3) is 3.19. The van der Waals surface area contributed by atoms with E-state index in [-0.39, 0.29) is 9.79 Å². The zero-order chi connectivity index (χ0) is 18.6. The molecule has 0 saturated heterocycles. The quantitative estimate of drug-likeness (QED) is 0.699. The van der Waals surface area contributed by atoms with Gasteiger partial charge in [0.05, 0.1) is 26.5 Å². The molecule has 3 rings (SSSR count). The third-order valence-electron chi connectivity index (χ3n) is 4.18. The van der Waals surface area contributed by atoms with Crippen LogP contribution in [0.3, 0.4) is 0 Å². The van der Waals surface area contributed by atoms with Gasteiger partial charge < -0.3 is 0 Å². The van der Waals surface area contributed by atoms with Crippen LogP contribution >= 0.6 is 0 Å². The minimum Gasteiger partial charge on any atom is -0.298 e. The van der Waals surface area contributed by atoms with E-state index in [0.717, 1.165) is 34.7 Å². The minimum atomic E-state index is -3.64. The van der Waals surface area contributed by atoms with Crippen LogP contribution in [0.4, 0.5) is 0 Å². The van der Waals surface area contributed by atoms with Crippen molar-refractivity contribution in [3.05, 3.63) is 47.8 Å². The second-order valence-corrected chi connectivity index (χ2v) is 10.2. The normalized spacial score (nSPS) is 12.6. The molecule has 0 aliphatic carbocycles. The van der Waals surface area contributed by atoms with Crippen molar-refractivity contribution in [1.82, 2.24) is 9.55 Å². The molecular formula is C17H18N2O4S2. The van der Waals surface area contributed by atoms with Crippen LogP contribution in [0, 0.1) is 13.8 Å². The first-order valence-corrected chi connectivity index (χ1v) is 11.3. The van der Waals surface area contributed by atoms with Crippen LogP contribution < -0.4 is 0 Å². The Labute approximate surface area is 147 Å². The summed E-state index contributed by atoms with van der Waals surface area (Å²) >= 11 is 0. The lowest BCUT2D eigenvalue weighted by molar-refractivity contribution is 0.599. The van der Waals surface area contributed by atoms with E-state index in [9.17, 15) is 16.8 Å². The maximum absolute atomic E-state index is 12.3. The Morgan fingerprint density at radius 3 is 2.12 bits per heavy atom. The lowest BCUT2D eigenvalue weighted by Crippen LogP contribution is -2.07. The van der Waals surface area contributed by atoms with E-state index in [0.29, 0.717) is 5.69 Å². The van der Waals surface area contributed by atoms with Gasteiger partial charge in [-0.05, 0) is 55.3 Å². The molecule has 1 aromatic heterocycles. The summed E-state index contributed by atoms with van der Waals surface area (Å²) < 4.78 is 49.8. The Hall–Kier alpha value is -2.19. The number of hydrogen-bond donors (Lipinski definition) is 0. The van der Waals surface area contributed by atoms with E-state index < -0.39 is 19.7 Å². The number of rotatable bonds is 3. The van der Waals surface area contributed by atoms with Crippen molar-refractivity contribution in [3.8, 4) is 5.69 Å². The molecule has 0 aliphatic heterocycles. The third-order valence-corrected chi connectivity index (χ3v) is 6.42. The molecule has 0 bridgehead atoms. The second kappa shape index (κ2) is 5.67. The van der Waals surface area contributed by atoms with Gasteiger partial charge in [-0.2, -0.15) is 0 Å². The Morgan fingerprint density at radius 1 is 0.880 bits per heavy atom. The average molecular weight is 378 g/mol. The molecule has 3 aromatic rings. The van der Waals surface area contributed by atoms with Crippen molar-refractivity contribution in [2.75, 3.05) is 12.5 Å². The van der Waals surface area contributed by atoms with E-state index in [2.05, 4.69) is 4.98 Å². The first-order valence-electron chi connectivity index (χ1n) is 7.47. The lowest BCUT2D eigenvalue weighted by Gasteiger charge is -2.12. The maximum atomic E-state index is 12.3. The Bertz CT molecular complexity index is 1210. The highest BCUT2D eigenvalue weighted by Crippen LogP contribution is 2.28. The van der Waals surface area contributed by atoms with Crippen molar-refractivity contribution in [2.45, 2.75) is 23.6 Å². The van der Waals surface area contributed by atoms with Gasteiger partial charge in [-0.3, -0.25) is 4.57 Å². The molecule has 0 saturated carbocycles. The summed E-state index contributed by atoms with van der Waals surface area (Å²) in [5.41, 5.74) is 4.03. The standard InChI is InChI=1S/C17H18N2O4S2/c1-11-7-14-16(8-12(11)2)19(10-18-14)15-6-5-13(24(3,20)21)9-17(15)25(4,22)23/h5-10H,1-4H3. The maximum Gasteiger partial charge on any atom is 0.177 e. The molecule has 0 atom stereocenters. The van der Waals surface area contributed by atoms with E-state index >= 15 is 0 Å². The van der Waals surface area contributed by atoms with Gasteiger partial charge in [0.1, 0.15) is 6.33 Å². The van der Waals surface area contributed by atoms with Gasteiger partial charge >= 0.3 is 0 Å². The molecule has 0 fully saturated rings. The van der Waals surface area contributed by atoms with Gasteiger partial charge in [-0.15, -0.1) is 0 Å². The average Bonchev–Trinajstić information content (AvgIpc) is 2.88. The van der Waals surface area contributed by atoms with Gasteiger partial charge in [0.15, 0.2) is 19.7 Å². The topological polar surface area (TPSA) is 86.1 Å². The van der Waals surface area contributed by atoms with Crippen molar-refractivity contribution in [2.24, 2.45) is 0 Å². The summed E-state index contributed by atoms with van der Waals surface area (Å²) in [6.45, 7) is 3.95. The van der Waals surface area contributed by atoms with Crippen molar-refractivity contribution >= 4 is 30.7 Å². The zero-order valence-electron chi connectivity index (χ0n) is 14.3. The molecule has 6 nitrogen and oxygen atoms in total. The first kappa shape index (κ1) is 17.6. The van der Waals surface area contributed by atoms with Gasteiger partial charge in [-0.25, -0.2) is 21.8 Å². The van der Waals surface area contributed by atoms with Gasteiger partial charge in [0.2, 0.25) is 0 Å². The zero-order valence-corrected chi connectivity index (χ0v) is 15.9. The fourth-order valence-corrected chi connectivity index (χ4v) is 4.29. The molecule has 0 N–H and O–H groups in total. The Balaban J connectivity index is 2.37. The summed E-state index contributed by atoms with van der Waals surface area (Å²) in [7, 11) is -7.16. The highest BCUT2D eigenvalue weighted by molar-refractivity contribution is 7.91. The fraction of sp³-hybridized carbons (Fsp3) is 0.235. The second-order valence-electron chi connectivity index (χ2n) is 6.21. The van der Waals surface area contributed by atoms with Crippen LogP contribution in [0.1, 0.15) is 11.1 Å². The highest BCUT2D eigenvalue weighted by Gasteiger charge is 2.20. The summed E-state index contributed by atoms with van der Waals surface area (Å²) in [5, 5.41) is 0. The van der Waals surface area contributed by atoms with Crippen LogP contribution in [0.15, 0.2) is 46.5 Å². The lowest BCUT2D eigenvalue weighted by atomic mass is 10.1. The number of benzene rings is 2. The molecule has 8 heteroatoms. The summed E-state index contributed by atoms with van der Waals surface area (Å²) in [5.74, 6) is 0. The number of hydrogen-bond acceptors (Lipinski definition) is 5. The van der Waals surface area contributed by atoms with E-state index in [1.165, 1.54) is 18.2 Å². The molecule has 1 heterocycles. The molecule has 0 amide bonds. The van der Waals surface area contributed by atoms with Crippen molar-refractivity contribution in [3.63, 3.8) is 0 Å². The minimum absolute atomic E-state index is 0.0341. The molecule has 132 valence electrons. The molecule has 2 aromatic carbocycles. The Morgan fingerprint density at radius 2 is 1.52 bits per heavy atom. The molecule has 0 aliphatic rings. The van der Waals surface area contributed by atoms with Gasteiger partial charge in [-0.1, -0.05) is 0 Å². The van der Waals surface area contributed by atoms with E-state index in [1.807, 2.05) is 26.0 Å². The number of aromatic nitrogens is 2. The molecule has 0 unspecified atom stereocenters. The predicted molar refractivity (Wildman–Crippen MR) is 96.8 cm³/mol. The van der Waals surface area contributed by atoms with Crippen LogP contribution in [0.2, 0.25) is 0 Å². The van der Waals surface area contributed by atoms with Crippen LogP contribution in [0.25, 0.3) is 16.7 Å². The number of imidazole rings is 1. The van der Waals surface area contributed by atoms with Gasteiger partial charge in [0.25, 0.3) is 0 Å². The first-order chi connectivity index (χ1) is 11.5. The monoisotopic (exact) mass is 378 g/mol. The number of aryl methyl sites for hydroxylation is 2. The number of nitrogens with zero attached hydrogens (tertiary/aromatic N) is 2. The SMILES string of the molecule is Cc1cc2ncn(-c3ccc(S(C)(=O)=O)cc3S(C)(=O)=O)c2cc1C. The molecular weight excluding hydrogens is 360 g/mol. The number of sulfone groups is 2. The number of fused-ring (bicyclic) bond motifs is 1. The highest BCUT2D eigenvalue weighted by atomic mass is 32.2. The largest absolute Gasteiger partial charge is 0.298 e. The summed E-state index contributed by atoms with van der Waals surface area (Å²) in [4.78, 5) is 4.26. The molecule has 0 spiro atoms. The smallest absolute Gasteiger partial charge is 0.177 e. The summed E-state index contributed by atoms with van der Waals surface area (Å²) in [6, 6.07) is 7.99. The molecule has 0 radical (unpaired) electrons.